The first-order valence-electron chi connectivity index (χ1n) is 11.8. The average Bonchev–Trinajstić information content (AvgIpc) is 2.71. The number of rotatable bonds is 10. The van der Waals surface area contributed by atoms with Crippen molar-refractivity contribution < 1.29 is 28.7 Å². The maximum absolute atomic E-state index is 13.6. The summed E-state index contributed by atoms with van der Waals surface area (Å²) in [6.45, 7) is 8.89. The van der Waals surface area contributed by atoms with Gasteiger partial charge in [0.15, 0.2) is 0 Å². The molecule has 1 aliphatic carbocycles. The van der Waals surface area contributed by atoms with E-state index in [1.54, 1.807) is 63.8 Å². The third kappa shape index (κ3) is 8.04. The quantitative estimate of drug-likeness (QED) is 0.503. The van der Waals surface area contributed by atoms with Crippen LogP contribution < -0.4 is 10.6 Å². The van der Waals surface area contributed by atoms with E-state index in [1.165, 1.54) is 0 Å². The molecule has 1 aromatic rings. The zero-order valence-electron chi connectivity index (χ0n) is 20.8. The molecule has 1 saturated carbocycles. The van der Waals surface area contributed by atoms with Gasteiger partial charge < -0.3 is 25.0 Å². The van der Waals surface area contributed by atoms with Crippen LogP contribution in [0, 0.1) is 0 Å². The van der Waals surface area contributed by atoms with Crippen LogP contribution in [-0.4, -0.2) is 59.6 Å². The molecule has 9 heteroatoms. The molecule has 2 atom stereocenters. The van der Waals surface area contributed by atoms with Crippen molar-refractivity contribution in [3.05, 3.63) is 35.9 Å². The molecule has 0 heterocycles. The molecule has 188 valence electrons. The first-order valence-corrected chi connectivity index (χ1v) is 11.8. The van der Waals surface area contributed by atoms with Crippen LogP contribution in [0.3, 0.4) is 0 Å². The second-order valence-corrected chi connectivity index (χ2v) is 9.36. The number of carbonyl (C=O) groups is 4. The van der Waals surface area contributed by atoms with Crippen LogP contribution in [0.4, 0.5) is 4.79 Å². The Morgan fingerprint density at radius 1 is 1.12 bits per heavy atom. The summed E-state index contributed by atoms with van der Waals surface area (Å²) < 4.78 is 10.2. The molecule has 0 spiro atoms. The summed E-state index contributed by atoms with van der Waals surface area (Å²) in [5.41, 5.74) is -0.0489. The molecule has 1 fully saturated rings. The van der Waals surface area contributed by atoms with Gasteiger partial charge in [0.05, 0.1) is 13.0 Å². The van der Waals surface area contributed by atoms with Crippen LogP contribution in [0.2, 0.25) is 0 Å². The van der Waals surface area contributed by atoms with Gasteiger partial charge in [0, 0.05) is 12.6 Å². The smallest absolute Gasteiger partial charge is 0.408 e. The minimum atomic E-state index is -0.899. The predicted molar refractivity (Wildman–Crippen MR) is 127 cm³/mol. The highest BCUT2D eigenvalue weighted by Gasteiger charge is 2.40. The van der Waals surface area contributed by atoms with Gasteiger partial charge >= 0.3 is 12.1 Å². The van der Waals surface area contributed by atoms with Crippen LogP contribution in [0.5, 0.6) is 0 Å². The molecule has 9 nitrogen and oxygen atoms in total. The Balaban J connectivity index is 2.24. The summed E-state index contributed by atoms with van der Waals surface area (Å²) in [6, 6.07) is 7.11. The van der Waals surface area contributed by atoms with Gasteiger partial charge in [0.25, 0.3) is 0 Å². The lowest BCUT2D eigenvalue weighted by molar-refractivity contribution is -0.147. The molecule has 34 heavy (non-hydrogen) atoms. The molecule has 1 aliphatic rings. The molecule has 0 aromatic heterocycles. The topological polar surface area (TPSA) is 114 Å². The number of nitrogens with one attached hydrogen (secondary N) is 2. The first kappa shape index (κ1) is 27.1. The van der Waals surface area contributed by atoms with Crippen molar-refractivity contribution in [3.8, 4) is 0 Å². The molecule has 2 unspecified atom stereocenters. The minimum absolute atomic E-state index is 0.0368. The summed E-state index contributed by atoms with van der Waals surface area (Å²) in [4.78, 5) is 52.4. The normalized spacial score (nSPS) is 15.3. The van der Waals surface area contributed by atoms with Gasteiger partial charge in [0.2, 0.25) is 11.8 Å². The van der Waals surface area contributed by atoms with E-state index in [0.717, 1.165) is 19.3 Å². The van der Waals surface area contributed by atoms with E-state index in [0.29, 0.717) is 5.56 Å². The molecule has 0 bridgehead atoms. The third-order valence-corrected chi connectivity index (χ3v) is 5.40. The molecule has 2 N–H and O–H groups in total. The number of hydrogen-bond donors (Lipinski definition) is 2. The minimum Gasteiger partial charge on any atom is -0.466 e. The lowest BCUT2D eigenvalue weighted by atomic mass is 9.88. The van der Waals surface area contributed by atoms with E-state index < -0.39 is 29.7 Å². The molecule has 3 amide bonds. The number of ether oxygens (including phenoxy) is 2. The fourth-order valence-electron chi connectivity index (χ4n) is 3.64. The fourth-order valence-corrected chi connectivity index (χ4v) is 3.64. The van der Waals surface area contributed by atoms with Crippen molar-refractivity contribution in [1.82, 2.24) is 15.5 Å². The Morgan fingerprint density at radius 3 is 2.29 bits per heavy atom. The standard InChI is InChI=1S/C25H37N3O6/c1-6-33-20(29)15-16-26-22(30)21(18-11-8-7-9-12-18)28(19-13-10-14-19)23(31)17(2)27-24(32)34-25(3,4)5/h7-9,11-12,17,19,21H,6,10,13-16H2,1-5H3,(H,26,30)(H,27,32). The van der Waals surface area contributed by atoms with Crippen molar-refractivity contribution in [3.63, 3.8) is 0 Å². The molecular formula is C25H37N3O6. The Bertz CT molecular complexity index is 848. The summed E-state index contributed by atoms with van der Waals surface area (Å²) in [6.07, 6.45) is 1.83. The van der Waals surface area contributed by atoms with E-state index >= 15 is 0 Å². The van der Waals surface area contributed by atoms with Crippen LogP contribution in [0.15, 0.2) is 30.3 Å². The maximum Gasteiger partial charge on any atom is 0.408 e. The van der Waals surface area contributed by atoms with E-state index in [1.807, 2.05) is 6.07 Å². The van der Waals surface area contributed by atoms with Crippen molar-refractivity contribution in [2.75, 3.05) is 13.2 Å². The van der Waals surface area contributed by atoms with Crippen LogP contribution in [-0.2, 0) is 23.9 Å². The number of esters is 1. The van der Waals surface area contributed by atoms with Crippen LogP contribution in [0.25, 0.3) is 0 Å². The second-order valence-electron chi connectivity index (χ2n) is 9.36. The molecular weight excluding hydrogens is 438 g/mol. The van der Waals surface area contributed by atoms with Crippen molar-refractivity contribution in [1.29, 1.82) is 0 Å². The van der Waals surface area contributed by atoms with Gasteiger partial charge in [-0.15, -0.1) is 0 Å². The lowest BCUT2D eigenvalue weighted by Crippen LogP contribution is -2.56. The van der Waals surface area contributed by atoms with E-state index in [9.17, 15) is 19.2 Å². The van der Waals surface area contributed by atoms with Gasteiger partial charge in [-0.2, -0.15) is 0 Å². The van der Waals surface area contributed by atoms with E-state index in [4.69, 9.17) is 9.47 Å². The summed E-state index contributed by atoms with van der Waals surface area (Å²) in [7, 11) is 0. The lowest BCUT2D eigenvalue weighted by Gasteiger charge is -2.43. The van der Waals surface area contributed by atoms with Gasteiger partial charge in [-0.25, -0.2) is 4.79 Å². The van der Waals surface area contributed by atoms with Gasteiger partial charge in [-0.3, -0.25) is 14.4 Å². The highest BCUT2D eigenvalue weighted by Crippen LogP contribution is 2.33. The number of amides is 3. The highest BCUT2D eigenvalue weighted by atomic mass is 16.6. The van der Waals surface area contributed by atoms with Crippen LogP contribution >= 0.6 is 0 Å². The molecule has 1 aromatic carbocycles. The zero-order chi connectivity index (χ0) is 25.3. The Hall–Kier alpha value is -3.10. The van der Waals surface area contributed by atoms with E-state index in [2.05, 4.69) is 10.6 Å². The third-order valence-electron chi connectivity index (χ3n) is 5.40. The number of hydrogen-bond acceptors (Lipinski definition) is 6. The number of alkyl carbamates (subject to hydrolysis) is 1. The fraction of sp³-hybridized carbons (Fsp3) is 0.600. The van der Waals surface area contributed by atoms with Crippen molar-refractivity contribution in [2.45, 2.75) is 84.0 Å². The van der Waals surface area contributed by atoms with Gasteiger partial charge in [-0.1, -0.05) is 30.3 Å². The highest BCUT2D eigenvalue weighted by molar-refractivity contribution is 5.92. The monoisotopic (exact) mass is 475 g/mol. The SMILES string of the molecule is CCOC(=O)CCNC(=O)C(c1ccccc1)N(C(=O)C(C)NC(=O)OC(C)(C)C)C1CCC1. The van der Waals surface area contributed by atoms with Gasteiger partial charge in [-0.05, 0) is 59.4 Å². The predicted octanol–water partition coefficient (Wildman–Crippen LogP) is 3.09. The molecule has 2 rings (SSSR count). The average molecular weight is 476 g/mol. The Kier molecular flexibility index (Phi) is 9.89. The number of carbonyl (C=O) groups excluding carboxylic acids is 4. The Morgan fingerprint density at radius 2 is 1.76 bits per heavy atom. The molecule has 0 aliphatic heterocycles. The first-order chi connectivity index (χ1) is 16.0. The number of benzene rings is 1. The van der Waals surface area contributed by atoms with Crippen LogP contribution in [0.1, 0.15) is 71.9 Å². The number of nitrogens with zero attached hydrogens (tertiary/aromatic N) is 1. The Labute approximate surface area is 201 Å². The summed E-state index contributed by atoms with van der Waals surface area (Å²) >= 11 is 0. The molecule has 0 radical (unpaired) electrons. The maximum atomic E-state index is 13.6. The molecule has 0 saturated heterocycles. The zero-order valence-corrected chi connectivity index (χ0v) is 20.8. The van der Waals surface area contributed by atoms with Crippen molar-refractivity contribution in [2.24, 2.45) is 0 Å². The second kappa shape index (κ2) is 12.4. The van der Waals surface area contributed by atoms with Gasteiger partial charge in [0.1, 0.15) is 17.7 Å². The summed E-state index contributed by atoms with van der Waals surface area (Å²) in [5, 5.41) is 5.37. The largest absolute Gasteiger partial charge is 0.466 e. The van der Waals surface area contributed by atoms with E-state index in [-0.39, 0.29) is 37.4 Å². The summed E-state index contributed by atoms with van der Waals surface area (Å²) in [5.74, 6) is -1.16. The van der Waals surface area contributed by atoms with Crippen molar-refractivity contribution >= 4 is 23.9 Å².